The Kier molecular flexibility index (Phi) is 3.72. The Morgan fingerprint density at radius 2 is 2.12 bits per heavy atom. The number of fused-ring (bicyclic) bond motifs is 1. The van der Waals surface area contributed by atoms with Gasteiger partial charge in [0.25, 0.3) is 0 Å². The van der Waals surface area contributed by atoms with Crippen LogP contribution in [-0.4, -0.2) is 43.5 Å². The molecule has 7 heteroatoms. The molecule has 2 atom stereocenters. The number of nitrogens with two attached hydrogens (primary N) is 1. The number of aromatic nitrogens is 3. The van der Waals surface area contributed by atoms with E-state index in [-0.39, 0.29) is 5.25 Å². The fourth-order valence-corrected chi connectivity index (χ4v) is 4.28. The lowest BCUT2D eigenvalue weighted by Crippen LogP contribution is -2.43. The van der Waals surface area contributed by atoms with Gasteiger partial charge in [-0.1, -0.05) is 30.3 Å². The molecule has 1 fully saturated rings. The number of benzene rings is 1. The standard InChI is InChI=1S/C17H19N5OS/c1-11-10-22(7-8-24(11)23)14-9-13(12-5-3-2-4-6-12)15-16(18)20-21-17(15)19-14/h2-6,9,11H,7-8,10H2,1H3,(H3,18,19,20,21). The molecule has 1 aliphatic rings. The number of nitrogens with zero attached hydrogens (tertiary/aromatic N) is 3. The van der Waals surface area contributed by atoms with Gasteiger partial charge in [-0.2, -0.15) is 5.10 Å². The van der Waals surface area contributed by atoms with E-state index in [0.717, 1.165) is 35.4 Å². The van der Waals surface area contributed by atoms with Crippen LogP contribution in [-0.2, 0) is 10.8 Å². The molecule has 124 valence electrons. The van der Waals surface area contributed by atoms with Crippen molar-refractivity contribution in [1.29, 1.82) is 0 Å². The highest BCUT2D eigenvalue weighted by Gasteiger charge is 2.25. The number of H-pyrrole nitrogens is 1. The first kappa shape index (κ1) is 15.1. The van der Waals surface area contributed by atoms with Gasteiger partial charge in [-0.05, 0) is 18.6 Å². The zero-order valence-electron chi connectivity index (χ0n) is 13.4. The highest BCUT2D eigenvalue weighted by molar-refractivity contribution is 7.85. The first-order valence-electron chi connectivity index (χ1n) is 7.95. The number of aromatic amines is 1. The third-order valence-electron chi connectivity index (χ3n) is 4.44. The molecule has 3 N–H and O–H groups in total. The van der Waals surface area contributed by atoms with Crippen LogP contribution >= 0.6 is 0 Å². The van der Waals surface area contributed by atoms with Crippen molar-refractivity contribution in [3.05, 3.63) is 36.4 Å². The molecule has 3 aromatic rings. The van der Waals surface area contributed by atoms with E-state index in [1.54, 1.807) is 0 Å². The molecule has 1 aromatic carbocycles. The number of hydrogen-bond acceptors (Lipinski definition) is 5. The van der Waals surface area contributed by atoms with Crippen molar-refractivity contribution in [2.75, 3.05) is 29.5 Å². The highest BCUT2D eigenvalue weighted by Crippen LogP contribution is 2.33. The third kappa shape index (κ3) is 2.54. The van der Waals surface area contributed by atoms with Gasteiger partial charge in [-0.25, -0.2) is 4.98 Å². The molecule has 2 unspecified atom stereocenters. The fraction of sp³-hybridized carbons (Fsp3) is 0.294. The maximum atomic E-state index is 11.9. The van der Waals surface area contributed by atoms with Crippen molar-refractivity contribution < 1.29 is 4.21 Å². The summed E-state index contributed by atoms with van der Waals surface area (Å²) in [6, 6.07) is 12.2. The molecule has 4 rings (SSSR count). The van der Waals surface area contributed by atoms with Gasteiger partial charge < -0.3 is 10.6 Å². The van der Waals surface area contributed by atoms with Gasteiger partial charge >= 0.3 is 0 Å². The normalized spacial score (nSPS) is 21.3. The van der Waals surface area contributed by atoms with Crippen molar-refractivity contribution in [3.8, 4) is 11.1 Å². The summed E-state index contributed by atoms with van der Waals surface area (Å²) in [5.74, 6) is 2.05. The molecule has 0 bridgehead atoms. The molecular formula is C17H19N5OS. The van der Waals surface area contributed by atoms with Crippen molar-refractivity contribution in [1.82, 2.24) is 15.2 Å². The van der Waals surface area contributed by atoms with Crippen molar-refractivity contribution >= 4 is 33.5 Å². The second kappa shape index (κ2) is 5.90. The molecule has 0 saturated carbocycles. The van der Waals surface area contributed by atoms with Crippen LogP contribution in [0, 0.1) is 0 Å². The summed E-state index contributed by atoms with van der Waals surface area (Å²) in [5.41, 5.74) is 8.78. The molecule has 6 nitrogen and oxygen atoms in total. The molecule has 0 amide bonds. The molecular weight excluding hydrogens is 322 g/mol. The molecule has 0 radical (unpaired) electrons. The number of anilines is 2. The molecule has 1 saturated heterocycles. The maximum Gasteiger partial charge on any atom is 0.185 e. The number of pyridine rings is 1. The summed E-state index contributed by atoms with van der Waals surface area (Å²) in [6.45, 7) is 3.49. The Morgan fingerprint density at radius 3 is 2.88 bits per heavy atom. The van der Waals surface area contributed by atoms with E-state index in [2.05, 4.69) is 38.3 Å². The van der Waals surface area contributed by atoms with Crippen molar-refractivity contribution in [3.63, 3.8) is 0 Å². The quantitative estimate of drug-likeness (QED) is 0.746. The largest absolute Gasteiger partial charge is 0.383 e. The summed E-state index contributed by atoms with van der Waals surface area (Å²) >= 11 is 0. The summed E-state index contributed by atoms with van der Waals surface area (Å²) < 4.78 is 11.9. The van der Waals surface area contributed by atoms with Crippen LogP contribution in [0.25, 0.3) is 22.2 Å². The summed E-state index contributed by atoms with van der Waals surface area (Å²) in [6.07, 6.45) is 0. The Balaban J connectivity index is 1.85. The number of nitrogens with one attached hydrogen (secondary N) is 1. The molecule has 0 spiro atoms. The van der Waals surface area contributed by atoms with Crippen molar-refractivity contribution in [2.24, 2.45) is 0 Å². The van der Waals surface area contributed by atoms with Gasteiger partial charge in [0.05, 0.1) is 5.39 Å². The van der Waals surface area contributed by atoms with E-state index >= 15 is 0 Å². The molecule has 3 heterocycles. The Labute approximate surface area is 142 Å². The van der Waals surface area contributed by atoms with Gasteiger partial charge in [0.15, 0.2) is 5.65 Å². The highest BCUT2D eigenvalue weighted by atomic mass is 32.2. The minimum Gasteiger partial charge on any atom is -0.383 e. The van der Waals surface area contributed by atoms with Crippen molar-refractivity contribution in [2.45, 2.75) is 12.2 Å². The van der Waals surface area contributed by atoms with Crippen LogP contribution in [0.3, 0.4) is 0 Å². The summed E-state index contributed by atoms with van der Waals surface area (Å²) in [5, 5.41) is 8.06. The lowest BCUT2D eigenvalue weighted by atomic mass is 10.0. The monoisotopic (exact) mass is 341 g/mol. The smallest absolute Gasteiger partial charge is 0.185 e. The summed E-state index contributed by atoms with van der Waals surface area (Å²) in [4.78, 5) is 6.85. The average Bonchev–Trinajstić information content (AvgIpc) is 2.98. The minimum atomic E-state index is -0.755. The Morgan fingerprint density at radius 1 is 1.33 bits per heavy atom. The van der Waals surface area contributed by atoms with E-state index in [9.17, 15) is 4.21 Å². The first-order chi connectivity index (χ1) is 11.6. The van der Waals surface area contributed by atoms with Gasteiger partial charge in [-0.3, -0.25) is 9.31 Å². The van der Waals surface area contributed by atoms with Crippen LogP contribution in [0.5, 0.6) is 0 Å². The topological polar surface area (TPSA) is 87.9 Å². The number of nitrogen functional groups attached to an aromatic ring is 1. The Bertz CT molecular complexity index is 908. The zero-order chi connectivity index (χ0) is 16.7. The van der Waals surface area contributed by atoms with Gasteiger partial charge in [0.2, 0.25) is 0 Å². The number of rotatable bonds is 2. The predicted octanol–water partition coefficient (Wildman–Crippen LogP) is 2.16. The second-order valence-electron chi connectivity index (χ2n) is 6.07. The fourth-order valence-electron chi connectivity index (χ4n) is 3.14. The molecule has 0 aliphatic carbocycles. The van der Waals surface area contributed by atoms with E-state index in [1.165, 1.54) is 0 Å². The Hall–Kier alpha value is -2.41. The molecule has 1 aliphatic heterocycles. The number of hydrogen-bond donors (Lipinski definition) is 2. The lowest BCUT2D eigenvalue weighted by molar-refractivity contribution is 0.653. The lowest BCUT2D eigenvalue weighted by Gasteiger charge is -2.31. The zero-order valence-corrected chi connectivity index (χ0v) is 14.2. The van der Waals surface area contributed by atoms with Crippen LogP contribution in [0.4, 0.5) is 11.6 Å². The maximum absolute atomic E-state index is 11.9. The third-order valence-corrected chi connectivity index (χ3v) is 6.07. The SMILES string of the molecule is CC1CN(c2cc(-c3ccccc3)c3c(N)[nH]nc3n2)CCS1=O. The van der Waals surface area contributed by atoms with E-state index in [0.29, 0.717) is 17.2 Å². The second-order valence-corrected chi connectivity index (χ2v) is 8.05. The van der Waals surface area contributed by atoms with E-state index in [1.807, 2.05) is 25.1 Å². The van der Waals surface area contributed by atoms with E-state index in [4.69, 9.17) is 5.73 Å². The van der Waals surface area contributed by atoms with Gasteiger partial charge in [0.1, 0.15) is 11.6 Å². The molecule has 2 aromatic heterocycles. The van der Waals surface area contributed by atoms with Gasteiger partial charge in [0, 0.05) is 40.5 Å². The summed E-state index contributed by atoms with van der Waals surface area (Å²) in [7, 11) is -0.755. The minimum absolute atomic E-state index is 0.140. The van der Waals surface area contributed by atoms with Gasteiger partial charge in [-0.15, -0.1) is 0 Å². The molecule has 24 heavy (non-hydrogen) atoms. The first-order valence-corrected chi connectivity index (χ1v) is 9.34. The van der Waals surface area contributed by atoms with Crippen LogP contribution in [0.1, 0.15) is 6.92 Å². The average molecular weight is 341 g/mol. The van der Waals surface area contributed by atoms with Crippen LogP contribution < -0.4 is 10.6 Å². The van der Waals surface area contributed by atoms with Crippen LogP contribution in [0.15, 0.2) is 36.4 Å². The predicted molar refractivity (Wildman–Crippen MR) is 98.4 cm³/mol. The van der Waals surface area contributed by atoms with Crippen LogP contribution in [0.2, 0.25) is 0 Å². The van der Waals surface area contributed by atoms with E-state index < -0.39 is 10.8 Å².